The molecule has 2 rings (SSSR count). The van der Waals surface area contributed by atoms with Gasteiger partial charge in [-0.15, -0.1) is 0 Å². The lowest BCUT2D eigenvalue weighted by molar-refractivity contribution is 0.112. The molecule has 1 aliphatic heterocycles. The van der Waals surface area contributed by atoms with Crippen LogP contribution in [0.1, 0.15) is 31.2 Å². The first-order valence-corrected chi connectivity index (χ1v) is 6.62. The van der Waals surface area contributed by atoms with Gasteiger partial charge in [0.05, 0.1) is 6.61 Å². The molecule has 3 nitrogen and oxygen atoms in total. The highest BCUT2D eigenvalue weighted by atomic mass is 16.5. The first-order valence-electron chi connectivity index (χ1n) is 6.62. The van der Waals surface area contributed by atoms with Gasteiger partial charge in [-0.05, 0) is 56.3 Å². The number of nitrogens with one attached hydrogen (secondary N) is 1. The van der Waals surface area contributed by atoms with Gasteiger partial charge in [-0.1, -0.05) is 6.07 Å². The van der Waals surface area contributed by atoms with Crippen molar-refractivity contribution in [1.29, 1.82) is 0 Å². The van der Waals surface area contributed by atoms with Crippen LogP contribution in [-0.2, 0) is 11.3 Å². The van der Waals surface area contributed by atoms with Crippen molar-refractivity contribution in [2.45, 2.75) is 32.3 Å². The van der Waals surface area contributed by atoms with Gasteiger partial charge in [-0.2, -0.15) is 0 Å². The smallest absolute Gasteiger partial charge is 0.0731 e. The number of hydrogen-bond donors (Lipinski definition) is 1. The molecule has 0 radical (unpaired) electrons. The Morgan fingerprint density at radius 1 is 1.47 bits per heavy atom. The molecule has 0 amide bonds. The van der Waals surface area contributed by atoms with Crippen LogP contribution in [0, 0.1) is 5.92 Å². The third kappa shape index (κ3) is 4.84. The van der Waals surface area contributed by atoms with Gasteiger partial charge in [0.2, 0.25) is 0 Å². The fraction of sp³-hybridized carbons (Fsp3) is 0.643. The van der Waals surface area contributed by atoms with E-state index >= 15 is 0 Å². The molecule has 1 aliphatic rings. The second-order valence-electron chi connectivity index (χ2n) is 4.77. The van der Waals surface area contributed by atoms with Gasteiger partial charge in [-0.3, -0.25) is 4.98 Å². The summed E-state index contributed by atoms with van der Waals surface area (Å²) in [6.45, 7) is 3.96. The normalized spacial score (nSPS) is 20.4. The highest BCUT2D eigenvalue weighted by Gasteiger charge is 2.11. The summed E-state index contributed by atoms with van der Waals surface area (Å²) in [5.41, 5.74) is 1.16. The molecule has 1 atom stereocenters. The molecule has 0 bridgehead atoms. The molecular formula is C14H22N2O. The van der Waals surface area contributed by atoms with Crippen molar-refractivity contribution in [2.75, 3.05) is 19.7 Å². The Balaban J connectivity index is 1.51. The number of rotatable bonds is 6. The topological polar surface area (TPSA) is 34.1 Å². The predicted octanol–water partition coefficient (Wildman–Crippen LogP) is 2.38. The van der Waals surface area contributed by atoms with E-state index in [1.807, 2.05) is 12.3 Å². The van der Waals surface area contributed by atoms with Gasteiger partial charge >= 0.3 is 0 Å². The fourth-order valence-electron chi connectivity index (χ4n) is 2.32. The maximum absolute atomic E-state index is 5.65. The lowest BCUT2D eigenvalue weighted by Gasteiger charge is -2.22. The second kappa shape index (κ2) is 7.41. The Kier molecular flexibility index (Phi) is 5.46. The maximum atomic E-state index is 5.65. The summed E-state index contributed by atoms with van der Waals surface area (Å²) in [5.74, 6) is 0.866. The summed E-state index contributed by atoms with van der Waals surface area (Å²) in [7, 11) is 0. The Bertz CT molecular complexity index is 296. The molecule has 1 fully saturated rings. The van der Waals surface area contributed by atoms with E-state index in [-0.39, 0.29) is 0 Å². The third-order valence-corrected chi connectivity index (χ3v) is 3.29. The molecule has 1 aromatic heterocycles. The molecule has 0 aromatic carbocycles. The van der Waals surface area contributed by atoms with Crippen LogP contribution in [0.2, 0.25) is 0 Å². The van der Waals surface area contributed by atoms with Gasteiger partial charge < -0.3 is 10.1 Å². The Morgan fingerprint density at radius 2 is 2.47 bits per heavy atom. The number of piperidine rings is 1. The minimum Gasteiger partial charge on any atom is -0.377 e. The number of pyridine rings is 1. The van der Waals surface area contributed by atoms with Gasteiger partial charge in [0.1, 0.15) is 0 Å². The lowest BCUT2D eigenvalue weighted by atomic mass is 9.95. The molecule has 1 N–H and O–H groups in total. The minimum atomic E-state index is 0.691. The largest absolute Gasteiger partial charge is 0.377 e. The molecule has 0 saturated carbocycles. The lowest BCUT2D eigenvalue weighted by Crippen LogP contribution is -2.29. The summed E-state index contributed by atoms with van der Waals surface area (Å²) >= 11 is 0. The molecule has 3 heteroatoms. The molecule has 0 spiro atoms. The highest BCUT2D eigenvalue weighted by Crippen LogP contribution is 2.15. The van der Waals surface area contributed by atoms with Crippen LogP contribution in [0.5, 0.6) is 0 Å². The molecule has 1 aromatic rings. The van der Waals surface area contributed by atoms with Crippen molar-refractivity contribution in [1.82, 2.24) is 10.3 Å². The van der Waals surface area contributed by atoms with Crippen LogP contribution in [0.15, 0.2) is 24.5 Å². The fourth-order valence-corrected chi connectivity index (χ4v) is 2.32. The molecule has 1 saturated heterocycles. The van der Waals surface area contributed by atoms with Crippen molar-refractivity contribution in [3.05, 3.63) is 30.1 Å². The number of ether oxygens (including phenoxy) is 1. The molecular weight excluding hydrogens is 212 g/mol. The quantitative estimate of drug-likeness (QED) is 0.767. The van der Waals surface area contributed by atoms with Gasteiger partial charge in [0.25, 0.3) is 0 Å². The molecule has 0 aliphatic carbocycles. The average Bonchev–Trinajstić information content (AvgIpc) is 2.41. The van der Waals surface area contributed by atoms with Gasteiger partial charge in [0.15, 0.2) is 0 Å². The first kappa shape index (κ1) is 12.5. The van der Waals surface area contributed by atoms with Crippen LogP contribution in [0.25, 0.3) is 0 Å². The van der Waals surface area contributed by atoms with Gasteiger partial charge in [0, 0.05) is 19.0 Å². The SMILES string of the molecule is c1cncc(COCCC[C@H]2CCCNC2)c1. The molecule has 17 heavy (non-hydrogen) atoms. The molecule has 94 valence electrons. The van der Waals surface area contributed by atoms with Crippen molar-refractivity contribution < 1.29 is 4.74 Å². The van der Waals surface area contributed by atoms with Crippen LogP contribution in [0.3, 0.4) is 0 Å². The predicted molar refractivity (Wildman–Crippen MR) is 68.7 cm³/mol. The van der Waals surface area contributed by atoms with E-state index < -0.39 is 0 Å². The van der Waals surface area contributed by atoms with E-state index in [2.05, 4.69) is 16.4 Å². The number of hydrogen-bond acceptors (Lipinski definition) is 3. The van der Waals surface area contributed by atoms with E-state index in [0.717, 1.165) is 18.1 Å². The third-order valence-electron chi connectivity index (χ3n) is 3.29. The van der Waals surface area contributed by atoms with Crippen molar-refractivity contribution in [3.63, 3.8) is 0 Å². The van der Waals surface area contributed by atoms with E-state index in [1.54, 1.807) is 6.20 Å². The second-order valence-corrected chi connectivity index (χ2v) is 4.77. The monoisotopic (exact) mass is 234 g/mol. The summed E-state index contributed by atoms with van der Waals surface area (Å²) in [5, 5.41) is 3.45. The number of nitrogens with zero attached hydrogens (tertiary/aromatic N) is 1. The van der Waals surface area contributed by atoms with E-state index in [9.17, 15) is 0 Å². The average molecular weight is 234 g/mol. The van der Waals surface area contributed by atoms with E-state index in [4.69, 9.17) is 4.74 Å². The Hall–Kier alpha value is -0.930. The van der Waals surface area contributed by atoms with Crippen molar-refractivity contribution in [3.8, 4) is 0 Å². The standard InChI is InChI=1S/C14H22N2O/c1-4-13(10-15-7-1)6-3-9-17-12-14-5-2-8-16-11-14/h2,5,8,11,13,15H,1,3-4,6-7,9-10,12H2/t13-/m1/s1. The summed E-state index contributed by atoms with van der Waals surface area (Å²) in [6.07, 6.45) is 8.84. The maximum Gasteiger partial charge on any atom is 0.0731 e. The Morgan fingerprint density at radius 3 is 3.24 bits per heavy atom. The minimum absolute atomic E-state index is 0.691. The Labute approximate surface area is 104 Å². The van der Waals surface area contributed by atoms with Crippen molar-refractivity contribution in [2.24, 2.45) is 5.92 Å². The summed E-state index contributed by atoms with van der Waals surface area (Å²) in [4.78, 5) is 4.07. The van der Waals surface area contributed by atoms with E-state index in [0.29, 0.717) is 6.61 Å². The van der Waals surface area contributed by atoms with Gasteiger partial charge in [-0.25, -0.2) is 0 Å². The van der Waals surface area contributed by atoms with Crippen LogP contribution in [-0.4, -0.2) is 24.7 Å². The van der Waals surface area contributed by atoms with Crippen LogP contribution in [0.4, 0.5) is 0 Å². The summed E-state index contributed by atoms with van der Waals surface area (Å²) in [6, 6.07) is 4.00. The zero-order chi connectivity index (χ0) is 11.8. The van der Waals surface area contributed by atoms with Crippen LogP contribution >= 0.6 is 0 Å². The highest BCUT2D eigenvalue weighted by molar-refractivity contribution is 5.06. The number of aromatic nitrogens is 1. The van der Waals surface area contributed by atoms with E-state index in [1.165, 1.54) is 38.8 Å². The zero-order valence-corrected chi connectivity index (χ0v) is 10.4. The summed E-state index contributed by atoms with van der Waals surface area (Å²) < 4.78 is 5.65. The first-order chi connectivity index (χ1) is 8.45. The molecule has 2 heterocycles. The van der Waals surface area contributed by atoms with Crippen LogP contribution < -0.4 is 5.32 Å². The zero-order valence-electron chi connectivity index (χ0n) is 10.4. The molecule has 0 unspecified atom stereocenters. The van der Waals surface area contributed by atoms with Crippen molar-refractivity contribution >= 4 is 0 Å².